The van der Waals surface area contributed by atoms with Crippen LogP contribution in [0.15, 0.2) is 18.9 Å². The van der Waals surface area contributed by atoms with Crippen LogP contribution in [-0.4, -0.2) is 29.4 Å². The number of imidazole rings is 1. The lowest BCUT2D eigenvalue weighted by Crippen LogP contribution is -2.13. The van der Waals surface area contributed by atoms with E-state index in [9.17, 15) is 5.11 Å². The maximum atomic E-state index is 10.4. The monoisotopic (exact) mass is 261 g/mol. The van der Waals surface area contributed by atoms with E-state index >= 15 is 0 Å². The quantitative estimate of drug-likeness (QED) is 0.855. The van der Waals surface area contributed by atoms with Gasteiger partial charge in [-0.2, -0.15) is 5.10 Å². The summed E-state index contributed by atoms with van der Waals surface area (Å²) in [6, 6.07) is 0.528. The molecule has 102 valence electrons. The summed E-state index contributed by atoms with van der Waals surface area (Å²) < 4.78 is 3.95. The molecule has 1 aliphatic rings. The fourth-order valence-electron chi connectivity index (χ4n) is 2.35. The number of aromatic nitrogens is 5. The zero-order chi connectivity index (χ0) is 13.2. The van der Waals surface area contributed by atoms with Crippen molar-refractivity contribution in [1.29, 1.82) is 0 Å². The van der Waals surface area contributed by atoms with Crippen LogP contribution in [0.4, 0.5) is 0 Å². The normalized spacial score (nSPS) is 16.7. The molecular weight excluding hydrogens is 242 g/mol. The van der Waals surface area contributed by atoms with Crippen molar-refractivity contribution in [1.82, 2.24) is 24.3 Å². The van der Waals surface area contributed by atoms with Gasteiger partial charge in [-0.15, -0.1) is 0 Å². The molecule has 1 saturated carbocycles. The van der Waals surface area contributed by atoms with E-state index < -0.39 is 6.10 Å². The lowest BCUT2D eigenvalue weighted by atomic mass is 10.2. The van der Waals surface area contributed by atoms with E-state index in [4.69, 9.17) is 0 Å². The lowest BCUT2D eigenvalue weighted by Gasteiger charge is -2.13. The Balaban J connectivity index is 1.74. The number of aryl methyl sites for hydroxylation is 1. The van der Waals surface area contributed by atoms with Crippen LogP contribution in [0.2, 0.25) is 0 Å². The second-order valence-corrected chi connectivity index (χ2v) is 5.08. The van der Waals surface area contributed by atoms with Gasteiger partial charge in [-0.3, -0.25) is 4.68 Å². The predicted octanol–water partition coefficient (Wildman–Crippen LogP) is 1.50. The Labute approximate surface area is 112 Å². The fourth-order valence-corrected chi connectivity index (χ4v) is 2.35. The summed E-state index contributed by atoms with van der Waals surface area (Å²) >= 11 is 0. The Morgan fingerprint density at radius 1 is 1.47 bits per heavy atom. The minimum absolute atomic E-state index is 0.485. The summed E-state index contributed by atoms with van der Waals surface area (Å²) in [7, 11) is 0. The van der Waals surface area contributed by atoms with Crippen LogP contribution in [0, 0.1) is 0 Å². The molecule has 3 rings (SSSR count). The summed E-state index contributed by atoms with van der Waals surface area (Å²) in [5.74, 6) is 0.831. The molecule has 1 atom stereocenters. The SMILES string of the molecule is CCCn1ncnc1CC(O)c1cncn1C1CC1. The van der Waals surface area contributed by atoms with E-state index in [1.807, 2.05) is 11.0 Å². The second-order valence-electron chi connectivity index (χ2n) is 5.08. The number of nitrogens with zero attached hydrogens (tertiary/aromatic N) is 5. The highest BCUT2D eigenvalue weighted by Gasteiger charge is 2.27. The van der Waals surface area contributed by atoms with Gasteiger partial charge in [0.1, 0.15) is 18.3 Å². The predicted molar refractivity (Wildman–Crippen MR) is 69.5 cm³/mol. The van der Waals surface area contributed by atoms with Crippen molar-refractivity contribution in [2.75, 3.05) is 0 Å². The molecule has 19 heavy (non-hydrogen) atoms. The Morgan fingerprint density at radius 3 is 3.05 bits per heavy atom. The van der Waals surface area contributed by atoms with Gasteiger partial charge < -0.3 is 9.67 Å². The van der Waals surface area contributed by atoms with Crippen molar-refractivity contribution in [3.63, 3.8) is 0 Å². The highest BCUT2D eigenvalue weighted by atomic mass is 16.3. The molecule has 1 N–H and O–H groups in total. The van der Waals surface area contributed by atoms with E-state index in [0.29, 0.717) is 12.5 Å². The van der Waals surface area contributed by atoms with Gasteiger partial charge in [-0.1, -0.05) is 6.92 Å². The van der Waals surface area contributed by atoms with Crippen molar-refractivity contribution >= 4 is 0 Å². The van der Waals surface area contributed by atoms with Crippen molar-refractivity contribution in [3.05, 3.63) is 30.4 Å². The molecule has 1 fully saturated rings. The van der Waals surface area contributed by atoms with E-state index in [2.05, 4.69) is 26.6 Å². The van der Waals surface area contributed by atoms with E-state index in [1.54, 1.807) is 12.5 Å². The number of hydrogen-bond acceptors (Lipinski definition) is 4. The molecule has 2 aromatic heterocycles. The summed E-state index contributed by atoms with van der Waals surface area (Å²) in [4.78, 5) is 8.39. The van der Waals surface area contributed by atoms with Gasteiger partial charge >= 0.3 is 0 Å². The van der Waals surface area contributed by atoms with E-state index in [-0.39, 0.29) is 0 Å². The lowest BCUT2D eigenvalue weighted by molar-refractivity contribution is 0.164. The van der Waals surface area contributed by atoms with Crippen molar-refractivity contribution in [2.45, 2.75) is 51.3 Å². The molecule has 0 aliphatic heterocycles. The molecule has 1 aliphatic carbocycles. The average Bonchev–Trinajstić information content (AvgIpc) is 2.96. The summed E-state index contributed by atoms with van der Waals surface area (Å²) in [6.45, 7) is 2.94. The van der Waals surface area contributed by atoms with Crippen molar-refractivity contribution < 1.29 is 5.11 Å². The van der Waals surface area contributed by atoms with Gasteiger partial charge in [0.25, 0.3) is 0 Å². The minimum atomic E-state index is -0.567. The highest BCUT2D eigenvalue weighted by molar-refractivity contribution is 5.09. The van der Waals surface area contributed by atoms with Crippen LogP contribution in [-0.2, 0) is 13.0 Å². The fraction of sp³-hybridized carbons (Fsp3) is 0.615. The average molecular weight is 261 g/mol. The first-order chi connectivity index (χ1) is 9.29. The number of aliphatic hydroxyl groups is 1. The first-order valence-electron chi connectivity index (χ1n) is 6.86. The summed E-state index contributed by atoms with van der Waals surface area (Å²) in [6.07, 6.45) is 8.41. The second kappa shape index (κ2) is 5.13. The molecule has 6 heteroatoms. The van der Waals surface area contributed by atoms with Gasteiger partial charge in [0.05, 0.1) is 18.2 Å². The Morgan fingerprint density at radius 2 is 2.32 bits per heavy atom. The first kappa shape index (κ1) is 12.3. The molecule has 0 saturated heterocycles. The van der Waals surface area contributed by atoms with Crippen molar-refractivity contribution in [2.24, 2.45) is 0 Å². The largest absolute Gasteiger partial charge is 0.386 e. The smallest absolute Gasteiger partial charge is 0.138 e. The molecular formula is C13H19N5O. The number of hydrogen-bond donors (Lipinski definition) is 1. The molecule has 0 amide bonds. The topological polar surface area (TPSA) is 68.8 Å². The standard InChI is InChI=1S/C13H19N5O/c1-2-5-18-13(15-8-16-18)6-12(19)11-7-14-9-17(11)10-3-4-10/h7-10,12,19H,2-6H2,1H3. The van der Waals surface area contributed by atoms with Crippen LogP contribution >= 0.6 is 0 Å². The summed E-state index contributed by atoms with van der Waals surface area (Å²) in [5.41, 5.74) is 0.883. The summed E-state index contributed by atoms with van der Waals surface area (Å²) in [5, 5.41) is 14.6. The third-order valence-corrected chi connectivity index (χ3v) is 3.48. The zero-order valence-electron chi connectivity index (χ0n) is 11.1. The number of rotatable bonds is 6. The zero-order valence-corrected chi connectivity index (χ0v) is 11.1. The molecule has 0 aromatic carbocycles. The molecule has 1 unspecified atom stereocenters. The van der Waals surface area contributed by atoms with Gasteiger partial charge in [-0.25, -0.2) is 9.97 Å². The number of aliphatic hydroxyl groups excluding tert-OH is 1. The molecule has 2 heterocycles. The first-order valence-corrected chi connectivity index (χ1v) is 6.86. The molecule has 0 bridgehead atoms. The van der Waals surface area contributed by atoms with Gasteiger partial charge in [0.15, 0.2) is 0 Å². The Bertz CT molecular complexity index is 543. The van der Waals surface area contributed by atoms with Gasteiger partial charge in [-0.05, 0) is 19.3 Å². The Kier molecular flexibility index (Phi) is 3.33. The van der Waals surface area contributed by atoms with E-state index in [0.717, 1.165) is 24.5 Å². The van der Waals surface area contributed by atoms with Crippen LogP contribution in [0.25, 0.3) is 0 Å². The highest BCUT2D eigenvalue weighted by Crippen LogP contribution is 2.37. The van der Waals surface area contributed by atoms with Crippen LogP contribution < -0.4 is 0 Å². The molecule has 2 aromatic rings. The third kappa shape index (κ3) is 2.53. The molecule has 6 nitrogen and oxygen atoms in total. The van der Waals surface area contributed by atoms with Gasteiger partial charge in [0.2, 0.25) is 0 Å². The maximum absolute atomic E-state index is 10.4. The van der Waals surface area contributed by atoms with Crippen LogP contribution in [0.3, 0.4) is 0 Å². The molecule has 0 radical (unpaired) electrons. The van der Waals surface area contributed by atoms with E-state index in [1.165, 1.54) is 12.8 Å². The molecule has 0 spiro atoms. The minimum Gasteiger partial charge on any atom is -0.386 e. The van der Waals surface area contributed by atoms with Crippen LogP contribution in [0.5, 0.6) is 0 Å². The van der Waals surface area contributed by atoms with Gasteiger partial charge in [0, 0.05) is 19.0 Å². The van der Waals surface area contributed by atoms with Crippen molar-refractivity contribution in [3.8, 4) is 0 Å². The van der Waals surface area contributed by atoms with Crippen LogP contribution in [0.1, 0.15) is 49.9 Å². The Hall–Kier alpha value is -1.69. The third-order valence-electron chi connectivity index (χ3n) is 3.48. The maximum Gasteiger partial charge on any atom is 0.138 e.